The van der Waals surface area contributed by atoms with E-state index in [1.807, 2.05) is 18.2 Å². The molecule has 3 heteroatoms. The summed E-state index contributed by atoms with van der Waals surface area (Å²) in [5, 5.41) is 3.49. The summed E-state index contributed by atoms with van der Waals surface area (Å²) in [5.41, 5.74) is 1.08. The second-order valence-electron chi connectivity index (χ2n) is 5.33. The topological polar surface area (TPSA) is 30.5 Å². The minimum Gasteiger partial charge on any atom is -0.497 e. The summed E-state index contributed by atoms with van der Waals surface area (Å²) < 4.78 is 10.6. The van der Waals surface area contributed by atoms with Crippen LogP contribution in [0.5, 0.6) is 11.5 Å². The maximum Gasteiger partial charge on any atom is 0.129 e. The molecule has 3 nitrogen and oxygen atoms in total. The first-order valence-electron chi connectivity index (χ1n) is 7.37. The molecule has 0 radical (unpaired) electrons. The van der Waals surface area contributed by atoms with E-state index in [1.54, 1.807) is 14.2 Å². The Bertz CT molecular complexity index is 456. The van der Waals surface area contributed by atoms with Gasteiger partial charge >= 0.3 is 0 Å². The van der Waals surface area contributed by atoms with Gasteiger partial charge in [0.25, 0.3) is 0 Å². The molecule has 1 aromatic rings. The predicted molar refractivity (Wildman–Crippen MR) is 83.3 cm³/mol. The summed E-state index contributed by atoms with van der Waals surface area (Å²) in [6, 6.07) is 5.87. The molecule has 1 fully saturated rings. The molecule has 0 amide bonds. The Hall–Kier alpha value is -1.48. The van der Waals surface area contributed by atoms with Gasteiger partial charge in [-0.1, -0.05) is 25.5 Å². The third-order valence-electron chi connectivity index (χ3n) is 4.00. The molecule has 2 unspecified atom stereocenters. The van der Waals surface area contributed by atoms with Gasteiger partial charge in [0.05, 0.1) is 14.2 Å². The van der Waals surface area contributed by atoms with Crippen molar-refractivity contribution in [1.29, 1.82) is 0 Å². The Kier molecular flexibility index (Phi) is 5.48. The zero-order chi connectivity index (χ0) is 14.4. The summed E-state index contributed by atoms with van der Waals surface area (Å²) in [6.45, 7) is 4.32. The second-order valence-corrected chi connectivity index (χ2v) is 5.33. The fourth-order valence-electron chi connectivity index (χ4n) is 2.55. The van der Waals surface area contributed by atoms with E-state index in [1.165, 1.54) is 12.8 Å². The molecular formula is C17H25NO2. The highest BCUT2D eigenvalue weighted by molar-refractivity contribution is 5.59. The monoisotopic (exact) mass is 275 g/mol. The molecule has 2 rings (SSSR count). The van der Waals surface area contributed by atoms with Crippen molar-refractivity contribution in [3.63, 3.8) is 0 Å². The van der Waals surface area contributed by atoms with E-state index in [4.69, 9.17) is 9.47 Å². The molecule has 0 aliphatic heterocycles. The lowest BCUT2D eigenvalue weighted by Gasteiger charge is -2.07. The van der Waals surface area contributed by atoms with Crippen LogP contribution in [0.3, 0.4) is 0 Å². The molecule has 1 aromatic carbocycles. The van der Waals surface area contributed by atoms with Crippen LogP contribution < -0.4 is 14.8 Å². The van der Waals surface area contributed by atoms with Gasteiger partial charge in [-0.3, -0.25) is 0 Å². The Balaban J connectivity index is 1.78. The molecule has 0 heterocycles. The number of methoxy groups -OCH3 is 2. The first-order chi connectivity index (χ1) is 9.78. The lowest BCUT2D eigenvalue weighted by atomic mass is 10.1. The van der Waals surface area contributed by atoms with Crippen LogP contribution in [0, 0.1) is 11.8 Å². The molecule has 1 aliphatic rings. The Morgan fingerprint density at radius 1 is 1.25 bits per heavy atom. The van der Waals surface area contributed by atoms with Gasteiger partial charge in [-0.05, 0) is 36.9 Å². The van der Waals surface area contributed by atoms with Gasteiger partial charge in [-0.15, -0.1) is 0 Å². The van der Waals surface area contributed by atoms with Crippen molar-refractivity contribution in [2.45, 2.75) is 19.8 Å². The van der Waals surface area contributed by atoms with Gasteiger partial charge in [-0.2, -0.15) is 0 Å². The first-order valence-corrected chi connectivity index (χ1v) is 7.37. The quantitative estimate of drug-likeness (QED) is 0.738. The number of hydrogen-bond donors (Lipinski definition) is 1. The lowest BCUT2D eigenvalue weighted by Crippen LogP contribution is -2.17. The zero-order valence-corrected chi connectivity index (χ0v) is 12.7. The van der Waals surface area contributed by atoms with Crippen LogP contribution in [-0.4, -0.2) is 27.3 Å². The summed E-state index contributed by atoms with van der Waals surface area (Å²) >= 11 is 0. The summed E-state index contributed by atoms with van der Waals surface area (Å²) in [6.07, 6.45) is 6.97. The SMILES string of the molecule is CCC1CC1CNC/C=C/c1ccc(OC)cc1OC. The van der Waals surface area contributed by atoms with Crippen molar-refractivity contribution in [3.05, 3.63) is 29.8 Å². The van der Waals surface area contributed by atoms with Gasteiger partial charge in [0, 0.05) is 18.2 Å². The highest BCUT2D eigenvalue weighted by atomic mass is 16.5. The minimum atomic E-state index is 0.816. The Labute approximate surface area is 122 Å². The standard InChI is InChI=1S/C17H25NO2/c1-4-13-10-15(13)12-18-9-5-6-14-7-8-16(19-2)11-17(14)20-3/h5-8,11,13,15,18H,4,9-10,12H2,1-3H3/b6-5+. The van der Waals surface area contributed by atoms with Crippen LogP contribution >= 0.6 is 0 Å². The van der Waals surface area contributed by atoms with Crippen LogP contribution in [0.2, 0.25) is 0 Å². The van der Waals surface area contributed by atoms with Crippen molar-refractivity contribution >= 4 is 6.08 Å². The Morgan fingerprint density at radius 2 is 2.10 bits per heavy atom. The predicted octanol–water partition coefficient (Wildman–Crippen LogP) is 3.35. The van der Waals surface area contributed by atoms with Crippen molar-refractivity contribution < 1.29 is 9.47 Å². The first kappa shape index (κ1) is 14.9. The average Bonchev–Trinajstić information content (AvgIpc) is 3.25. The zero-order valence-electron chi connectivity index (χ0n) is 12.7. The third-order valence-corrected chi connectivity index (χ3v) is 4.00. The fourth-order valence-corrected chi connectivity index (χ4v) is 2.55. The normalized spacial score (nSPS) is 21.1. The molecule has 1 saturated carbocycles. The number of benzene rings is 1. The Morgan fingerprint density at radius 3 is 2.75 bits per heavy atom. The molecule has 0 aromatic heterocycles. The molecule has 20 heavy (non-hydrogen) atoms. The third kappa shape index (κ3) is 4.01. The fraction of sp³-hybridized carbons (Fsp3) is 0.529. The van der Waals surface area contributed by atoms with E-state index in [0.29, 0.717) is 0 Å². The van der Waals surface area contributed by atoms with E-state index in [-0.39, 0.29) is 0 Å². The van der Waals surface area contributed by atoms with Crippen molar-refractivity contribution in [2.75, 3.05) is 27.3 Å². The maximum atomic E-state index is 5.37. The van der Waals surface area contributed by atoms with Gasteiger partial charge < -0.3 is 14.8 Å². The molecule has 0 saturated heterocycles. The average molecular weight is 275 g/mol. The molecule has 2 atom stereocenters. The number of ether oxygens (including phenoxy) is 2. The number of hydrogen-bond acceptors (Lipinski definition) is 3. The second kappa shape index (κ2) is 7.34. The highest BCUT2D eigenvalue weighted by Gasteiger charge is 2.34. The van der Waals surface area contributed by atoms with E-state index in [2.05, 4.69) is 24.4 Å². The minimum absolute atomic E-state index is 0.816. The van der Waals surface area contributed by atoms with Crippen LogP contribution in [-0.2, 0) is 0 Å². The summed E-state index contributed by atoms with van der Waals surface area (Å²) in [5.74, 6) is 3.53. The van der Waals surface area contributed by atoms with Crippen molar-refractivity contribution in [1.82, 2.24) is 5.32 Å². The molecule has 0 spiro atoms. The van der Waals surface area contributed by atoms with E-state index in [0.717, 1.165) is 42.0 Å². The van der Waals surface area contributed by atoms with Crippen LogP contribution in [0.4, 0.5) is 0 Å². The van der Waals surface area contributed by atoms with Gasteiger partial charge in [-0.25, -0.2) is 0 Å². The molecule has 1 N–H and O–H groups in total. The smallest absolute Gasteiger partial charge is 0.129 e. The van der Waals surface area contributed by atoms with Crippen molar-refractivity contribution in [2.24, 2.45) is 11.8 Å². The lowest BCUT2D eigenvalue weighted by molar-refractivity contribution is 0.393. The van der Waals surface area contributed by atoms with Crippen LogP contribution in [0.1, 0.15) is 25.3 Å². The highest BCUT2D eigenvalue weighted by Crippen LogP contribution is 2.40. The van der Waals surface area contributed by atoms with Gasteiger partial charge in [0.15, 0.2) is 0 Å². The number of nitrogens with one attached hydrogen (secondary N) is 1. The molecule has 0 bridgehead atoms. The van der Waals surface area contributed by atoms with Crippen LogP contribution in [0.25, 0.3) is 6.08 Å². The largest absolute Gasteiger partial charge is 0.497 e. The molecular weight excluding hydrogens is 250 g/mol. The van der Waals surface area contributed by atoms with Gasteiger partial charge in [0.2, 0.25) is 0 Å². The molecule has 1 aliphatic carbocycles. The molecule has 110 valence electrons. The van der Waals surface area contributed by atoms with Crippen molar-refractivity contribution in [3.8, 4) is 11.5 Å². The summed E-state index contributed by atoms with van der Waals surface area (Å²) in [7, 11) is 3.35. The van der Waals surface area contributed by atoms with E-state index < -0.39 is 0 Å². The number of rotatable bonds is 8. The van der Waals surface area contributed by atoms with Crippen LogP contribution in [0.15, 0.2) is 24.3 Å². The van der Waals surface area contributed by atoms with Gasteiger partial charge in [0.1, 0.15) is 11.5 Å². The summed E-state index contributed by atoms with van der Waals surface area (Å²) in [4.78, 5) is 0. The maximum absolute atomic E-state index is 5.37. The van der Waals surface area contributed by atoms with E-state index in [9.17, 15) is 0 Å². The van der Waals surface area contributed by atoms with E-state index >= 15 is 0 Å².